The minimum atomic E-state index is -0.425. The second-order valence-electron chi connectivity index (χ2n) is 2.96. The number of aldehydes is 2. The number of nitrogens with zero attached hydrogens (tertiary/aromatic N) is 1. The van der Waals surface area contributed by atoms with Gasteiger partial charge in [0.15, 0.2) is 0 Å². The molecule has 1 atom stereocenters. The standard InChI is InChI=1S/C11H9NO2/c1-8(6-13)11-9(5-12)3-2-4-10(11)7-14/h2-4,6-8H,1H3. The van der Waals surface area contributed by atoms with E-state index in [1.165, 1.54) is 0 Å². The van der Waals surface area contributed by atoms with E-state index in [0.717, 1.165) is 6.29 Å². The second kappa shape index (κ2) is 4.33. The van der Waals surface area contributed by atoms with Gasteiger partial charge in [0.05, 0.1) is 11.6 Å². The summed E-state index contributed by atoms with van der Waals surface area (Å²) >= 11 is 0. The molecule has 0 radical (unpaired) electrons. The van der Waals surface area contributed by atoms with Crippen LogP contribution in [0.25, 0.3) is 0 Å². The fourth-order valence-electron chi connectivity index (χ4n) is 1.36. The highest BCUT2D eigenvalue weighted by atomic mass is 16.1. The monoisotopic (exact) mass is 187 g/mol. The van der Waals surface area contributed by atoms with E-state index in [4.69, 9.17) is 5.26 Å². The Hall–Kier alpha value is -1.95. The van der Waals surface area contributed by atoms with E-state index in [9.17, 15) is 9.59 Å². The fourth-order valence-corrected chi connectivity index (χ4v) is 1.36. The molecule has 0 heterocycles. The highest BCUT2D eigenvalue weighted by Gasteiger charge is 2.13. The van der Waals surface area contributed by atoms with Crippen molar-refractivity contribution in [3.8, 4) is 6.07 Å². The van der Waals surface area contributed by atoms with Crippen LogP contribution in [0.5, 0.6) is 0 Å². The van der Waals surface area contributed by atoms with Gasteiger partial charge in [0.2, 0.25) is 0 Å². The lowest BCUT2D eigenvalue weighted by Crippen LogP contribution is -2.03. The van der Waals surface area contributed by atoms with E-state index >= 15 is 0 Å². The van der Waals surface area contributed by atoms with Gasteiger partial charge in [-0.2, -0.15) is 5.26 Å². The van der Waals surface area contributed by atoms with Crippen LogP contribution >= 0.6 is 0 Å². The zero-order valence-electron chi connectivity index (χ0n) is 7.73. The maximum absolute atomic E-state index is 10.7. The zero-order valence-corrected chi connectivity index (χ0v) is 7.73. The van der Waals surface area contributed by atoms with Gasteiger partial charge in [0.25, 0.3) is 0 Å². The van der Waals surface area contributed by atoms with Crippen molar-refractivity contribution in [3.05, 3.63) is 34.9 Å². The lowest BCUT2D eigenvalue weighted by atomic mass is 9.93. The number of nitriles is 1. The third-order valence-corrected chi connectivity index (χ3v) is 2.05. The fraction of sp³-hybridized carbons (Fsp3) is 0.182. The quantitative estimate of drug-likeness (QED) is 0.676. The molecule has 1 unspecified atom stereocenters. The van der Waals surface area contributed by atoms with Crippen molar-refractivity contribution in [2.75, 3.05) is 0 Å². The van der Waals surface area contributed by atoms with Crippen molar-refractivity contribution in [2.45, 2.75) is 12.8 Å². The van der Waals surface area contributed by atoms with Gasteiger partial charge in [0, 0.05) is 11.5 Å². The summed E-state index contributed by atoms with van der Waals surface area (Å²) in [6, 6.07) is 6.80. The van der Waals surface area contributed by atoms with Crippen LogP contribution < -0.4 is 0 Å². The zero-order chi connectivity index (χ0) is 10.6. The van der Waals surface area contributed by atoms with Crippen molar-refractivity contribution in [2.24, 2.45) is 0 Å². The summed E-state index contributed by atoms with van der Waals surface area (Å²) in [6.07, 6.45) is 1.39. The minimum Gasteiger partial charge on any atom is -0.303 e. The Morgan fingerprint density at radius 3 is 2.64 bits per heavy atom. The van der Waals surface area contributed by atoms with Gasteiger partial charge in [-0.15, -0.1) is 0 Å². The molecule has 1 aromatic rings. The van der Waals surface area contributed by atoms with E-state index in [0.29, 0.717) is 23.0 Å². The molecule has 0 amide bonds. The Kier molecular flexibility index (Phi) is 3.14. The summed E-state index contributed by atoms with van der Waals surface area (Å²) in [7, 11) is 0. The first-order chi connectivity index (χ1) is 6.74. The first-order valence-electron chi connectivity index (χ1n) is 4.18. The maximum Gasteiger partial charge on any atom is 0.150 e. The van der Waals surface area contributed by atoms with Crippen LogP contribution in [-0.2, 0) is 4.79 Å². The Morgan fingerprint density at radius 2 is 2.14 bits per heavy atom. The maximum atomic E-state index is 10.7. The third-order valence-electron chi connectivity index (χ3n) is 2.05. The van der Waals surface area contributed by atoms with E-state index < -0.39 is 5.92 Å². The number of rotatable bonds is 3. The SMILES string of the molecule is CC(C=O)c1c(C#N)cccc1C=O. The first kappa shape index (κ1) is 10.1. The summed E-state index contributed by atoms with van der Waals surface area (Å²) in [5, 5.41) is 8.80. The Morgan fingerprint density at radius 1 is 1.43 bits per heavy atom. The van der Waals surface area contributed by atoms with Crippen molar-refractivity contribution >= 4 is 12.6 Å². The molecule has 0 N–H and O–H groups in total. The first-order valence-corrected chi connectivity index (χ1v) is 4.18. The predicted octanol–water partition coefficient (Wildman–Crippen LogP) is 1.67. The highest BCUT2D eigenvalue weighted by molar-refractivity contribution is 5.82. The molecule has 0 saturated carbocycles. The molecule has 3 nitrogen and oxygen atoms in total. The molecular formula is C11H9NO2. The van der Waals surface area contributed by atoms with Gasteiger partial charge < -0.3 is 4.79 Å². The third kappa shape index (κ3) is 1.69. The molecule has 0 bridgehead atoms. The van der Waals surface area contributed by atoms with Gasteiger partial charge in [-0.1, -0.05) is 19.1 Å². The summed E-state index contributed by atoms with van der Waals surface area (Å²) in [5.74, 6) is -0.425. The lowest BCUT2D eigenvalue weighted by molar-refractivity contribution is -0.108. The summed E-state index contributed by atoms with van der Waals surface area (Å²) in [6.45, 7) is 1.66. The molecule has 0 saturated heterocycles. The van der Waals surface area contributed by atoms with Crippen molar-refractivity contribution in [3.63, 3.8) is 0 Å². The Bertz CT molecular complexity index is 404. The summed E-state index contributed by atoms with van der Waals surface area (Å²) < 4.78 is 0. The average Bonchev–Trinajstić information content (AvgIpc) is 2.26. The molecule has 1 rings (SSSR count). The Labute approximate surface area is 82.0 Å². The van der Waals surface area contributed by atoms with Crippen LogP contribution in [0.1, 0.15) is 34.3 Å². The predicted molar refractivity (Wildman–Crippen MR) is 51.0 cm³/mol. The molecule has 0 aliphatic carbocycles. The van der Waals surface area contributed by atoms with Crippen LogP contribution in [0.2, 0.25) is 0 Å². The number of hydrogen-bond donors (Lipinski definition) is 0. The van der Waals surface area contributed by atoms with Crippen molar-refractivity contribution in [1.82, 2.24) is 0 Å². The van der Waals surface area contributed by atoms with Crippen LogP contribution in [0.3, 0.4) is 0 Å². The molecule has 3 heteroatoms. The molecular weight excluding hydrogens is 178 g/mol. The normalized spacial score (nSPS) is 11.4. The number of benzene rings is 1. The lowest BCUT2D eigenvalue weighted by Gasteiger charge is -2.08. The molecule has 0 spiro atoms. The van der Waals surface area contributed by atoms with Gasteiger partial charge in [0.1, 0.15) is 12.6 Å². The molecule has 0 aliphatic heterocycles. The second-order valence-corrected chi connectivity index (χ2v) is 2.96. The summed E-state index contributed by atoms with van der Waals surface area (Å²) in [5.41, 5.74) is 1.30. The highest BCUT2D eigenvalue weighted by Crippen LogP contribution is 2.21. The van der Waals surface area contributed by atoms with E-state index in [2.05, 4.69) is 0 Å². The summed E-state index contributed by atoms with van der Waals surface area (Å²) in [4.78, 5) is 21.3. The van der Waals surface area contributed by atoms with Gasteiger partial charge in [-0.25, -0.2) is 0 Å². The molecule has 1 aromatic carbocycles. The van der Waals surface area contributed by atoms with Gasteiger partial charge >= 0.3 is 0 Å². The average molecular weight is 187 g/mol. The number of hydrogen-bond acceptors (Lipinski definition) is 3. The molecule has 0 aromatic heterocycles. The van der Waals surface area contributed by atoms with Gasteiger partial charge in [-0.05, 0) is 11.6 Å². The largest absolute Gasteiger partial charge is 0.303 e. The molecule has 70 valence electrons. The van der Waals surface area contributed by atoms with Crippen LogP contribution in [-0.4, -0.2) is 12.6 Å². The van der Waals surface area contributed by atoms with Crippen LogP contribution in [0.15, 0.2) is 18.2 Å². The van der Waals surface area contributed by atoms with E-state index in [-0.39, 0.29) is 0 Å². The minimum absolute atomic E-state index is 0.384. The van der Waals surface area contributed by atoms with Crippen molar-refractivity contribution in [1.29, 1.82) is 5.26 Å². The number of carbonyl (C=O) groups is 2. The van der Waals surface area contributed by atoms with E-state index in [1.54, 1.807) is 25.1 Å². The van der Waals surface area contributed by atoms with E-state index in [1.807, 2.05) is 6.07 Å². The topological polar surface area (TPSA) is 57.9 Å². The van der Waals surface area contributed by atoms with Gasteiger partial charge in [-0.3, -0.25) is 4.79 Å². The molecule has 14 heavy (non-hydrogen) atoms. The van der Waals surface area contributed by atoms with Crippen LogP contribution in [0, 0.1) is 11.3 Å². The Balaban J connectivity index is 3.42. The smallest absolute Gasteiger partial charge is 0.150 e. The molecule has 0 aliphatic rings. The molecule has 0 fully saturated rings. The van der Waals surface area contributed by atoms with Crippen molar-refractivity contribution < 1.29 is 9.59 Å². The number of carbonyl (C=O) groups excluding carboxylic acids is 2. The van der Waals surface area contributed by atoms with Crippen LogP contribution in [0.4, 0.5) is 0 Å².